The predicted molar refractivity (Wildman–Crippen MR) is 105 cm³/mol. The molecule has 1 unspecified atom stereocenters. The molecule has 0 radical (unpaired) electrons. The van der Waals surface area contributed by atoms with E-state index >= 15 is 0 Å². The van der Waals surface area contributed by atoms with E-state index < -0.39 is 6.04 Å². The highest BCUT2D eigenvalue weighted by Crippen LogP contribution is 2.32. The van der Waals surface area contributed by atoms with Crippen LogP contribution in [0.4, 0.5) is 14.9 Å². The number of ether oxygens (including phenoxy) is 1. The Bertz CT molecular complexity index is 885. The van der Waals surface area contributed by atoms with E-state index in [0.717, 1.165) is 0 Å². The second-order valence-corrected chi connectivity index (χ2v) is 6.94. The van der Waals surface area contributed by atoms with Gasteiger partial charge in [-0.2, -0.15) is 0 Å². The quantitative estimate of drug-likeness (QED) is 0.686. The minimum atomic E-state index is -0.527. The molecule has 10 heteroatoms. The van der Waals surface area contributed by atoms with Crippen molar-refractivity contribution in [1.82, 2.24) is 15.0 Å². The van der Waals surface area contributed by atoms with E-state index in [1.54, 1.807) is 30.9 Å². The summed E-state index contributed by atoms with van der Waals surface area (Å²) in [5, 5.41) is 3.85. The van der Waals surface area contributed by atoms with Crippen molar-refractivity contribution in [3.05, 3.63) is 41.5 Å². The van der Waals surface area contributed by atoms with Gasteiger partial charge in [-0.05, 0) is 38.1 Å². The molecule has 2 aromatic rings. The predicted octanol–water partition coefficient (Wildman–Crippen LogP) is 2.38. The molecule has 156 valence electrons. The monoisotopic (exact) mass is 424 g/mol. The topological polar surface area (TPSA) is 79.1 Å². The average molecular weight is 425 g/mol. The maximum Gasteiger partial charge on any atom is 0.332 e. The number of carbonyl (C=O) groups is 2. The van der Waals surface area contributed by atoms with Crippen LogP contribution < -0.4 is 9.64 Å². The van der Waals surface area contributed by atoms with Crippen molar-refractivity contribution in [3.8, 4) is 5.75 Å². The van der Waals surface area contributed by atoms with E-state index in [0.29, 0.717) is 55.7 Å². The molecule has 2 aliphatic rings. The van der Waals surface area contributed by atoms with Crippen LogP contribution in [0.1, 0.15) is 11.5 Å². The van der Waals surface area contributed by atoms with Crippen LogP contribution in [0, 0.1) is 19.7 Å². The van der Waals surface area contributed by atoms with E-state index in [4.69, 9.17) is 9.26 Å². The van der Waals surface area contributed by atoms with Crippen molar-refractivity contribution in [2.75, 3.05) is 37.7 Å². The molecule has 2 aliphatic heterocycles. The van der Waals surface area contributed by atoms with Crippen molar-refractivity contribution in [2.45, 2.75) is 19.9 Å². The molecule has 0 N–H and O–H groups in total. The van der Waals surface area contributed by atoms with Gasteiger partial charge in [-0.3, -0.25) is 9.69 Å². The number of hydrogen-bond donors (Lipinski definition) is 0. The Morgan fingerprint density at radius 1 is 1.21 bits per heavy atom. The fourth-order valence-corrected chi connectivity index (χ4v) is 3.68. The molecule has 2 saturated heterocycles. The van der Waals surface area contributed by atoms with Gasteiger partial charge in [0.25, 0.3) is 5.91 Å². The molecular weight excluding hydrogens is 403 g/mol. The third-order valence-corrected chi connectivity index (χ3v) is 5.12. The fraction of sp³-hybridized carbons (Fsp3) is 0.421. The molecule has 1 aromatic heterocycles. The molecular formula is C19H22ClFN4O4. The van der Waals surface area contributed by atoms with E-state index in [2.05, 4.69) is 10.1 Å². The number of halogens is 2. The first-order valence-corrected chi connectivity index (χ1v) is 9.14. The van der Waals surface area contributed by atoms with Crippen LogP contribution >= 0.6 is 12.4 Å². The summed E-state index contributed by atoms with van der Waals surface area (Å²) in [6.45, 7) is 5.97. The second kappa shape index (κ2) is 8.38. The number of rotatable bonds is 5. The van der Waals surface area contributed by atoms with E-state index in [1.807, 2.05) is 0 Å². The van der Waals surface area contributed by atoms with Crippen molar-refractivity contribution >= 4 is 30.0 Å². The Morgan fingerprint density at radius 3 is 2.59 bits per heavy atom. The lowest BCUT2D eigenvalue weighted by atomic mass is 10.2. The number of hydrogen-bond acceptors (Lipinski definition) is 6. The molecule has 0 bridgehead atoms. The Balaban J connectivity index is 0.00000240. The Kier molecular flexibility index (Phi) is 6.09. The molecule has 29 heavy (non-hydrogen) atoms. The van der Waals surface area contributed by atoms with Crippen LogP contribution in [0.25, 0.3) is 0 Å². The number of urea groups is 1. The van der Waals surface area contributed by atoms with Crippen LogP contribution in [0.5, 0.6) is 5.75 Å². The zero-order chi connectivity index (χ0) is 19.8. The average Bonchev–Trinajstić information content (AvgIpc) is 3.13. The highest BCUT2D eigenvalue weighted by atomic mass is 35.5. The second-order valence-electron chi connectivity index (χ2n) is 6.94. The van der Waals surface area contributed by atoms with Crippen molar-refractivity contribution < 1.29 is 23.2 Å². The molecule has 8 nitrogen and oxygen atoms in total. The molecule has 1 atom stereocenters. The maximum atomic E-state index is 12.9. The normalized spacial score (nSPS) is 19.3. The number of carbonyl (C=O) groups excluding carboxylic acids is 2. The van der Waals surface area contributed by atoms with Gasteiger partial charge in [-0.15, -0.1) is 12.4 Å². The highest BCUT2D eigenvalue weighted by Gasteiger charge is 2.49. The van der Waals surface area contributed by atoms with Crippen molar-refractivity contribution in [1.29, 1.82) is 0 Å². The van der Waals surface area contributed by atoms with Gasteiger partial charge in [-0.25, -0.2) is 14.1 Å². The number of fused-ring (bicyclic) bond motifs is 1. The summed E-state index contributed by atoms with van der Waals surface area (Å²) in [6.07, 6.45) is 0. The molecule has 1 aromatic carbocycles. The third kappa shape index (κ3) is 3.92. The number of aryl methyl sites for hydroxylation is 2. The molecule has 3 heterocycles. The van der Waals surface area contributed by atoms with Gasteiger partial charge in [-0.1, -0.05) is 5.16 Å². The number of anilines is 1. The van der Waals surface area contributed by atoms with Gasteiger partial charge < -0.3 is 14.2 Å². The summed E-state index contributed by atoms with van der Waals surface area (Å²) in [4.78, 5) is 30.6. The molecule has 4 rings (SSSR count). The summed E-state index contributed by atoms with van der Waals surface area (Å²) in [6, 6.07) is 5.00. The number of benzene rings is 1. The van der Waals surface area contributed by atoms with E-state index in [-0.39, 0.29) is 30.2 Å². The summed E-state index contributed by atoms with van der Waals surface area (Å²) >= 11 is 0. The van der Waals surface area contributed by atoms with Gasteiger partial charge in [0.1, 0.15) is 35.6 Å². The molecule has 0 spiro atoms. The van der Waals surface area contributed by atoms with Gasteiger partial charge in [0, 0.05) is 26.2 Å². The Hall–Kier alpha value is -2.65. The number of nitrogens with zero attached hydrogens (tertiary/aromatic N) is 4. The van der Waals surface area contributed by atoms with Crippen LogP contribution in [0.15, 0.2) is 28.8 Å². The summed E-state index contributed by atoms with van der Waals surface area (Å²) in [5.74, 6) is 0.472. The number of amides is 3. The van der Waals surface area contributed by atoms with Crippen LogP contribution in [0.2, 0.25) is 0 Å². The number of aromatic nitrogens is 1. The van der Waals surface area contributed by atoms with Crippen LogP contribution in [0.3, 0.4) is 0 Å². The van der Waals surface area contributed by atoms with Gasteiger partial charge in [0.2, 0.25) is 0 Å². The van der Waals surface area contributed by atoms with Crippen LogP contribution in [-0.4, -0.2) is 65.7 Å². The van der Waals surface area contributed by atoms with E-state index in [9.17, 15) is 14.0 Å². The fourth-order valence-electron chi connectivity index (χ4n) is 3.68. The molecule has 2 fully saturated rings. The summed E-state index contributed by atoms with van der Waals surface area (Å²) < 4.78 is 23.7. The zero-order valence-electron chi connectivity index (χ0n) is 16.1. The highest BCUT2D eigenvalue weighted by molar-refractivity contribution is 6.22. The standard InChI is InChI=1S/C19H21FN4O4.ClH/c1-12-17(13(2)28-21-12)24-18(25)16-11-22(7-8-23(16)19(24)26)9-10-27-15-5-3-14(20)4-6-15;/h3-6,16H,7-11H2,1-2H3;1H. The summed E-state index contributed by atoms with van der Waals surface area (Å²) in [7, 11) is 0. The third-order valence-electron chi connectivity index (χ3n) is 5.12. The number of piperazine rings is 1. The van der Waals surface area contributed by atoms with Crippen molar-refractivity contribution in [2.24, 2.45) is 0 Å². The molecule has 0 aliphatic carbocycles. The minimum absolute atomic E-state index is 0. The first kappa shape index (κ1) is 21.1. The van der Waals surface area contributed by atoms with Crippen LogP contribution in [-0.2, 0) is 4.79 Å². The summed E-state index contributed by atoms with van der Waals surface area (Å²) in [5.41, 5.74) is 0.958. The molecule has 0 saturated carbocycles. The Labute approximate surface area is 173 Å². The smallest absolute Gasteiger partial charge is 0.332 e. The zero-order valence-corrected chi connectivity index (χ0v) is 16.9. The lowest BCUT2D eigenvalue weighted by Crippen LogP contribution is -2.53. The minimum Gasteiger partial charge on any atom is -0.492 e. The van der Waals surface area contributed by atoms with Gasteiger partial charge in [0.05, 0.1) is 0 Å². The lowest BCUT2D eigenvalue weighted by Gasteiger charge is -2.35. The lowest BCUT2D eigenvalue weighted by molar-refractivity contribution is -0.121. The number of imide groups is 1. The first-order chi connectivity index (χ1) is 13.5. The van der Waals surface area contributed by atoms with Gasteiger partial charge >= 0.3 is 6.03 Å². The molecule has 3 amide bonds. The largest absolute Gasteiger partial charge is 0.492 e. The Morgan fingerprint density at radius 2 is 1.93 bits per heavy atom. The SMILES string of the molecule is Cc1noc(C)c1N1C(=O)C2CN(CCOc3ccc(F)cc3)CCN2C1=O.Cl. The van der Waals surface area contributed by atoms with Crippen molar-refractivity contribution in [3.63, 3.8) is 0 Å². The maximum absolute atomic E-state index is 12.9. The van der Waals surface area contributed by atoms with Gasteiger partial charge in [0.15, 0.2) is 5.76 Å². The van der Waals surface area contributed by atoms with E-state index in [1.165, 1.54) is 17.0 Å². The first-order valence-electron chi connectivity index (χ1n) is 9.14.